The normalized spacial score (nSPS) is 12.8. The highest BCUT2D eigenvalue weighted by molar-refractivity contribution is 5.97. The fourth-order valence-corrected chi connectivity index (χ4v) is 6.12. The van der Waals surface area contributed by atoms with E-state index in [0.29, 0.717) is 40.9 Å². The minimum absolute atomic E-state index is 0.0504. The summed E-state index contributed by atoms with van der Waals surface area (Å²) >= 11 is 0. The van der Waals surface area contributed by atoms with Crippen LogP contribution in [0.3, 0.4) is 0 Å². The van der Waals surface area contributed by atoms with Crippen LogP contribution in [0.5, 0.6) is 0 Å². The molecule has 0 bridgehead atoms. The Kier molecular flexibility index (Phi) is 13.7. The zero-order valence-electron chi connectivity index (χ0n) is 30.8. The number of tetrazole rings is 1. The number of hydrogen-bond donors (Lipinski definition) is 2. The van der Waals surface area contributed by atoms with E-state index >= 15 is 8.78 Å². The van der Waals surface area contributed by atoms with E-state index in [1.807, 2.05) is 12.1 Å². The Labute approximate surface area is 322 Å². The highest BCUT2D eigenvalue weighted by Gasteiger charge is 2.62. The van der Waals surface area contributed by atoms with E-state index in [-0.39, 0.29) is 44.7 Å². The van der Waals surface area contributed by atoms with E-state index in [0.717, 1.165) is 10.1 Å². The Hall–Kier alpha value is -6.27. The van der Waals surface area contributed by atoms with Gasteiger partial charge in [0.25, 0.3) is 11.0 Å². The molecule has 19 heteroatoms. The smallest absolute Gasteiger partial charge is 0.459 e. The van der Waals surface area contributed by atoms with Gasteiger partial charge in [-0.3, -0.25) is 4.79 Å². The van der Waals surface area contributed by atoms with Crippen molar-refractivity contribution in [1.82, 2.24) is 35.5 Å². The van der Waals surface area contributed by atoms with Crippen molar-refractivity contribution in [2.45, 2.75) is 83.2 Å². The molecular formula is C38H39F5N8O6. The summed E-state index contributed by atoms with van der Waals surface area (Å²) in [5, 5.41) is 26.1. The number of aromatic nitrogens is 6. The van der Waals surface area contributed by atoms with Gasteiger partial charge in [0.15, 0.2) is 5.69 Å². The van der Waals surface area contributed by atoms with Crippen LogP contribution in [0.2, 0.25) is 0 Å². The third kappa shape index (κ3) is 10.5. The van der Waals surface area contributed by atoms with Gasteiger partial charge >= 0.3 is 18.1 Å². The Morgan fingerprint density at radius 1 is 0.947 bits per heavy atom. The number of alkyl halides is 5. The number of amides is 1. The number of aryl methyl sites for hydroxylation is 1. The van der Waals surface area contributed by atoms with Crippen molar-refractivity contribution in [3.05, 3.63) is 117 Å². The fraction of sp³-hybridized carbons (Fsp3) is 0.368. The van der Waals surface area contributed by atoms with E-state index < -0.39 is 52.6 Å². The summed E-state index contributed by atoms with van der Waals surface area (Å²) in [6.45, 7) is 2.69. The second kappa shape index (κ2) is 18.6. The molecular weight excluding hydrogens is 759 g/mol. The Bertz CT molecular complexity index is 2110. The minimum atomic E-state index is -6.11. The molecule has 2 atom stereocenters. The Morgan fingerprint density at radius 3 is 2.26 bits per heavy atom. The first kappa shape index (κ1) is 41.9. The van der Waals surface area contributed by atoms with Gasteiger partial charge in [0.05, 0.1) is 6.61 Å². The Morgan fingerprint density at radius 2 is 1.63 bits per heavy atom. The molecule has 1 amide bonds. The van der Waals surface area contributed by atoms with Crippen molar-refractivity contribution in [2.24, 2.45) is 0 Å². The lowest BCUT2D eigenvalue weighted by molar-refractivity contribution is -0.767. The summed E-state index contributed by atoms with van der Waals surface area (Å²) in [5.41, 5.74) is 0.242. The van der Waals surface area contributed by atoms with Gasteiger partial charge < -0.3 is 19.5 Å². The summed E-state index contributed by atoms with van der Waals surface area (Å²) < 4.78 is 79.0. The first-order valence-electron chi connectivity index (χ1n) is 18.0. The van der Waals surface area contributed by atoms with E-state index in [9.17, 15) is 32.9 Å². The molecule has 0 radical (unpaired) electrons. The second-order valence-corrected chi connectivity index (χ2v) is 13.1. The lowest BCUT2D eigenvalue weighted by Crippen LogP contribution is -2.45. The van der Waals surface area contributed by atoms with Crippen LogP contribution < -0.4 is 5.32 Å². The number of imidazole rings is 1. The number of aromatic amines is 1. The zero-order valence-corrected chi connectivity index (χ0v) is 30.8. The monoisotopic (exact) mass is 798 g/mol. The number of nitrogens with one attached hydrogen (secondary N) is 2. The molecule has 0 aliphatic rings. The van der Waals surface area contributed by atoms with Crippen molar-refractivity contribution >= 4 is 11.9 Å². The maximum absolute atomic E-state index is 15.3. The van der Waals surface area contributed by atoms with Crippen LogP contribution in [-0.2, 0) is 39.7 Å². The van der Waals surface area contributed by atoms with Gasteiger partial charge in [0, 0.05) is 24.9 Å². The predicted molar refractivity (Wildman–Crippen MR) is 194 cm³/mol. The number of ether oxygens (including phenoxy) is 1. The molecule has 5 aromatic rings. The van der Waals surface area contributed by atoms with Gasteiger partial charge in [-0.05, 0) is 60.1 Å². The van der Waals surface area contributed by atoms with Crippen molar-refractivity contribution in [2.75, 3.05) is 6.61 Å². The average molecular weight is 799 g/mol. The molecule has 2 unspecified atom stereocenters. The number of benzene rings is 3. The molecule has 2 aromatic heterocycles. The number of unbranched alkanes of at least 4 members (excludes halogenated alkanes) is 1. The molecule has 0 saturated carbocycles. The summed E-state index contributed by atoms with van der Waals surface area (Å²) in [5.74, 6) is -7.75. The molecule has 14 nitrogen and oxygen atoms in total. The van der Waals surface area contributed by atoms with E-state index in [2.05, 4.69) is 35.8 Å². The summed E-state index contributed by atoms with van der Waals surface area (Å²) in [4.78, 5) is 46.3. The molecule has 302 valence electrons. The standard InChI is InChI=1S/C38H39F5N8O6/c1-3-11-31-45-33(37(39,40)38(41,42)43)32(50(31)23-26-17-19-27(20-18-26)28-15-7-8-16-29(28)34-46-48-49-47-34)35(52)44-30(22-25-13-5-4-6-14-25)36(53)56-21-10-9-12-24(2)57-51(54)55/h4-8,13-20,24,30H,3,9-12,21-23H2,1-2H3,(H,44,52)(H,46,47,48,49). The maximum Gasteiger partial charge on any atom is 0.459 e. The van der Waals surface area contributed by atoms with Crippen LogP contribution in [0, 0.1) is 10.1 Å². The van der Waals surface area contributed by atoms with Crippen molar-refractivity contribution in [1.29, 1.82) is 0 Å². The molecule has 0 spiro atoms. The van der Waals surface area contributed by atoms with Crippen LogP contribution in [0.4, 0.5) is 22.0 Å². The summed E-state index contributed by atoms with van der Waals surface area (Å²) in [7, 11) is 0. The molecule has 0 aliphatic heterocycles. The van der Waals surface area contributed by atoms with Crippen LogP contribution in [0.15, 0.2) is 78.9 Å². The van der Waals surface area contributed by atoms with Crippen LogP contribution >= 0.6 is 0 Å². The second-order valence-electron chi connectivity index (χ2n) is 13.1. The van der Waals surface area contributed by atoms with Crippen LogP contribution in [-0.4, -0.2) is 72.1 Å². The third-order valence-corrected chi connectivity index (χ3v) is 8.90. The quantitative estimate of drug-likeness (QED) is 0.0289. The number of rotatable bonds is 19. The fourth-order valence-electron chi connectivity index (χ4n) is 6.12. The van der Waals surface area contributed by atoms with Crippen LogP contribution in [0.25, 0.3) is 22.5 Å². The zero-order chi connectivity index (χ0) is 41.2. The van der Waals surface area contributed by atoms with E-state index in [1.54, 1.807) is 73.7 Å². The number of halogens is 5. The highest BCUT2D eigenvalue weighted by atomic mass is 19.4. The first-order valence-corrected chi connectivity index (χ1v) is 18.0. The van der Waals surface area contributed by atoms with Gasteiger partial charge in [-0.25, -0.2) is 9.78 Å². The molecule has 5 rings (SSSR count). The summed E-state index contributed by atoms with van der Waals surface area (Å²) in [6.07, 6.45) is -5.84. The van der Waals surface area contributed by atoms with E-state index in [4.69, 9.17) is 4.74 Å². The first-order chi connectivity index (χ1) is 27.2. The molecule has 2 heterocycles. The molecule has 2 N–H and O–H groups in total. The van der Waals surface area contributed by atoms with Gasteiger partial charge in [-0.15, -0.1) is 20.3 Å². The average Bonchev–Trinajstić information content (AvgIpc) is 3.84. The lowest BCUT2D eigenvalue weighted by Gasteiger charge is -2.22. The SMILES string of the molecule is CCCc1nc(C(F)(F)C(F)(F)F)c(C(=O)NC(Cc2ccccc2)C(=O)OCCCCC(C)O[N+](=O)[O-])n1Cc1ccc(-c2ccccc2-c2nn[nH]n2)cc1. The van der Waals surface area contributed by atoms with Crippen molar-refractivity contribution in [3.63, 3.8) is 0 Å². The number of carbonyl (C=O) groups is 2. The number of hydrogen-bond acceptors (Lipinski definition) is 10. The molecule has 57 heavy (non-hydrogen) atoms. The van der Waals surface area contributed by atoms with Crippen LogP contribution in [0.1, 0.15) is 72.7 Å². The number of H-pyrrole nitrogens is 1. The van der Waals surface area contributed by atoms with Crippen molar-refractivity contribution in [3.8, 4) is 22.5 Å². The molecule has 0 aliphatic carbocycles. The predicted octanol–water partition coefficient (Wildman–Crippen LogP) is 7.04. The van der Waals surface area contributed by atoms with Gasteiger partial charge in [0.1, 0.15) is 23.7 Å². The van der Waals surface area contributed by atoms with Gasteiger partial charge in [0.2, 0.25) is 5.82 Å². The molecule has 3 aromatic carbocycles. The number of carbonyl (C=O) groups excluding carboxylic acids is 2. The van der Waals surface area contributed by atoms with Crippen molar-refractivity contribution < 1.29 is 46.2 Å². The Balaban J connectivity index is 1.47. The third-order valence-electron chi connectivity index (χ3n) is 8.90. The van der Waals surface area contributed by atoms with Gasteiger partial charge in [-0.2, -0.15) is 27.2 Å². The highest BCUT2D eigenvalue weighted by Crippen LogP contribution is 2.45. The van der Waals surface area contributed by atoms with E-state index in [1.165, 1.54) is 6.92 Å². The largest absolute Gasteiger partial charge is 0.464 e. The number of nitrogens with zero attached hydrogens (tertiary/aromatic N) is 6. The summed E-state index contributed by atoms with van der Waals surface area (Å²) in [6, 6.07) is 20.7. The molecule has 0 fully saturated rings. The maximum atomic E-state index is 15.3. The minimum Gasteiger partial charge on any atom is -0.464 e. The number of esters is 1. The topological polar surface area (TPSA) is 180 Å². The molecule has 0 saturated heterocycles. The lowest BCUT2D eigenvalue weighted by atomic mass is 9.98. The van der Waals surface area contributed by atoms with Gasteiger partial charge in [-0.1, -0.05) is 85.8 Å².